The quantitative estimate of drug-likeness (QED) is 0.568. The molecule has 0 saturated heterocycles. The summed E-state index contributed by atoms with van der Waals surface area (Å²) in [4.78, 5) is 28.8. The Morgan fingerprint density at radius 2 is 1.97 bits per heavy atom. The summed E-state index contributed by atoms with van der Waals surface area (Å²) in [7, 11) is -2.44. The number of anilines is 3. The minimum atomic E-state index is -3.79. The van der Waals surface area contributed by atoms with Crippen molar-refractivity contribution in [3.8, 4) is 5.75 Å². The van der Waals surface area contributed by atoms with Crippen LogP contribution in [0.3, 0.4) is 0 Å². The number of amides is 2. The third-order valence-corrected chi connectivity index (χ3v) is 5.93. The lowest BCUT2D eigenvalue weighted by molar-refractivity contribution is -0.119. The van der Waals surface area contributed by atoms with Crippen LogP contribution in [-0.4, -0.2) is 55.8 Å². The topological polar surface area (TPSA) is 152 Å². The van der Waals surface area contributed by atoms with Gasteiger partial charge in [0.25, 0.3) is 5.91 Å². The number of rotatable bonds is 7. The predicted molar refractivity (Wildman–Crippen MR) is 113 cm³/mol. The number of methoxy groups -OCH3 is 1. The Labute approximate surface area is 184 Å². The molecular weight excluding hydrogens is 424 g/mol. The Bertz CT molecular complexity index is 1200. The summed E-state index contributed by atoms with van der Waals surface area (Å²) in [6.07, 6.45) is 5.61. The number of carbonyl (C=O) groups excluding carboxylic acids is 2. The van der Waals surface area contributed by atoms with E-state index in [1.807, 2.05) is 0 Å². The van der Waals surface area contributed by atoms with Crippen LogP contribution < -0.4 is 20.7 Å². The molecule has 2 aromatic rings. The molecule has 0 aromatic carbocycles. The van der Waals surface area contributed by atoms with E-state index in [0.717, 1.165) is 31.9 Å². The van der Waals surface area contributed by atoms with E-state index in [1.165, 1.54) is 25.4 Å². The molecule has 3 rings (SSSR count). The molecule has 12 heteroatoms. The van der Waals surface area contributed by atoms with Crippen molar-refractivity contribution in [3.63, 3.8) is 0 Å². The fraction of sp³-hybridized carbons (Fsp3) is 0.421. The lowest BCUT2D eigenvalue weighted by atomic mass is 10.1. The molecule has 0 atom stereocenters. The zero-order valence-electron chi connectivity index (χ0n) is 19.9. The number of hydrogen-bond donors (Lipinski definition) is 3. The molecule has 2 amide bonds. The minimum Gasteiger partial charge on any atom is -0.495 e. The van der Waals surface area contributed by atoms with E-state index in [2.05, 4.69) is 25.8 Å². The summed E-state index contributed by atoms with van der Waals surface area (Å²) >= 11 is 0. The third-order valence-electron chi connectivity index (χ3n) is 4.82. The van der Waals surface area contributed by atoms with Crippen molar-refractivity contribution in [2.75, 3.05) is 31.0 Å². The lowest BCUT2D eigenvalue weighted by Crippen LogP contribution is -2.24. The summed E-state index contributed by atoms with van der Waals surface area (Å²) in [6, 6.07) is 2.50. The van der Waals surface area contributed by atoms with Gasteiger partial charge in [0.15, 0.2) is 21.3 Å². The second-order valence-corrected chi connectivity index (χ2v) is 9.02. The van der Waals surface area contributed by atoms with Crippen molar-refractivity contribution in [2.24, 2.45) is 5.92 Å². The van der Waals surface area contributed by atoms with Crippen LogP contribution in [0, 0.1) is 5.92 Å². The molecule has 3 N–H and O–H groups in total. The third kappa shape index (κ3) is 5.26. The number of sulfone groups is 1. The van der Waals surface area contributed by atoms with Gasteiger partial charge in [-0.1, -0.05) is 12.8 Å². The molecule has 0 radical (unpaired) electrons. The van der Waals surface area contributed by atoms with Gasteiger partial charge in [0.1, 0.15) is 16.5 Å². The van der Waals surface area contributed by atoms with Gasteiger partial charge in [0, 0.05) is 35.4 Å². The molecule has 0 unspecified atom stereocenters. The van der Waals surface area contributed by atoms with Crippen molar-refractivity contribution < 1.29 is 26.9 Å². The largest absolute Gasteiger partial charge is 0.495 e. The monoisotopic (exact) mass is 451 g/mol. The van der Waals surface area contributed by atoms with Crippen LogP contribution in [0.15, 0.2) is 23.2 Å². The molecule has 1 fully saturated rings. The molecular formula is C19H24N6O5S. The van der Waals surface area contributed by atoms with Gasteiger partial charge in [-0.25, -0.2) is 13.4 Å². The van der Waals surface area contributed by atoms with Gasteiger partial charge in [-0.2, -0.15) is 0 Å². The standard InChI is InChI=1S/C19H24N6O5S/c1-20-19(27)16-13(9-15(24-25-16)23-18(26)11-6-4-5-7-11)22-17-14(31(3,28)29)8-12(30-2)10-21-17/h8-11H,4-7H2,1-3H3,(H,20,27)(H2,21,22,23,24,26)/i1D3. The summed E-state index contributed by atoms with van der Waals surface area (Å²) in [5.74, 6) is -1.48. The first kappa shape index (κ1) is 18.5. The highest BCUT2D eigenvalue weighted by atomic mass is 32.2. The van der Waals surface area contributed by atoms with Crippen molar-refractivity contribution in [2.45, 2.75) is 30.6 Å². The molecule has 166 valence electrons. The Morgan fingerprint density at radius 1 is 1.23 bits per heavy atom. The van der Waals surface area contributed by atoms with Crippen molar-refractivity contribution in [1.29, 1.82) is 0 Å². The summed E-state index contributed by atoms with van der Waals surface area (Å²) in [5.41, 5.74) is -0.548. The van der Waals surface area contributed by atoms with E-state index in [1.54, 1.807) is 5.32 Å². The number of nitrogens with one attached hydrogen (secondary N) is 3. The first-order valence-electron chi connectivity index (χ1n) is 10.9. The van der Waals surface area contributed by atoms with Gasteiger partial charge in [-0.3, -0.25) is 9.59 Å². The molecule has 1 saturated carbocycles. The molecule has 11 nitrogen and oxygen atoms in total. The molecule has 31 heavy (non-hydrogen) atoms. The number of ether oxygens (including phenoxy) is 1. The van der Waals surface area contributed by atoms with Crippen molar-refractivity contribution >= 4 is 39.0 Å². The summed E-state index contributed by atoms with van der Waals surface area (Å²) in [5, 5.41) is 14.7. The van der Waals surface area contributed by atoms with Gasteiger partial charge < -0.3 is 20.7 Å². The van der Waals surface area contributed by atoms with Gasteiger partial charge in [-0.15, -0.1) is 10.2 Å². The zero-order valence-corrected chi connectivity index (χ0v) is 17.7. The molecule has 2 aromatic heterocycles. The molecule has 0 bridgehead atoms. The van der Waals surface area contributed by atoms with E-state index < -0.39 is 28.4 Å². The highest BCUT2D eigenvalue weighted by Crippen LogP contribution is 2.29. The summed E-state index contributed by atoms with van der Waals surface area (Å²) < 4.78 is 51.4. The van der Waals surface area contributed by atoms with Crippen LogP contribution in [0.2, 0.25) is 0 Å². The zero-order chi connectivity index (χ0) is 25.1. The SMILES string of the molecule is [2H]C([2H])([2H])NC(=O)c1nnc(NC(=O)C2CCCC2)cc1Nc1ncc(OC)cc1S(C)(=O)=O. The first-order chi connectivity index (χ1) is 15.9. The second-order valence-electron chi connectivity index (χ2n) is 7.04. The molecule has 0 spiro atoms. The number of nitrogens with zero attached hydrogens (tertiary/aromatic N) is 3. The number of hydrogen-bond acceptors (Lipinski definition) is 9. The van der Waals surface area contributed by atoms with Crippen LogP contribution in [-0.2, 0) is 14.6 Å². The van der Waals surface area contributed by atoms with Crippen LogP contribution in [0.25, 0.3) is 0 Å². The van der Waals surface area contributed by atoms with Crippen LogP contribution in [0.4, 0.5) is 17.3 Å². The highest BCUT2D eigenvalue weighted by molar-refractivity contribution is 7.90. The maximum Gasteiger partial charge on any atom is 0.273 e. The van der Waals surface area contributed by atoms with Gasteiger partial charge in [-0.05, 0) is 12.8 Å². The van der Waals surface area contributed by atoms with E-state index in [0.29, 0.717) is 0 Å². The first-order valence-corrected chi connectivity index (χ1v) is 11.3. The highest BCUT2D eigenvalue weighted by Gasteiger charge is 2.24. The van der Waals surface area contributed by atoms with E-state index in [4.69, 9.17) is 8.85 Å². The Balaban J connectivity index is 2.02. The van der Waals surface area contributed by atoms with Crippen LogP contribution in [0.5, 0.6) is 5.75 Å². The van der Waals surface area contributed by atoms with Crippen molar-refractivity contribution in [1.82, 2.24) is 20.5 Å². The number of aromatic nitrogens is 3. The average molecular weight is 452 g/mol. The van der Waals surface area contributed by atoms with E-state index in [9.17, 15) is 18.0 Å². The normalized spacial score (nSPS) is 16.0. The van der Waals surface area contributed by atoms with Crippen LogP contribution >= 0.6 is 0 Å². The van der Waals surface area contributed by atoms with E-state index >= 15 is 0 Å². The Hall–Kier alpha value is -3.28. The fourth-order valence-electron chi connectivity index (χ4n) is 3.23. The van der Waals surface area contributed by atoms with Crippen molar-refractivity contribution in [3.05, 3.63) is 24.0 Å². The predicted octanol–water partition coefficient (Wildman–Crippen LogP) is 1.52. The smallest absolute Gasteiger partial charge is 0.273 e. The average Bonchev–Trinajstić information content (AvgIpc) is 3.27. The second kappa shape index (κ2) is 9.25. The van der Waals surface area contributed by atoms with Crippen LogP contribution in [0.1, 0.15) is 40.3 Å². The lowest BCUT2D eigenvalue weighted by Gasteiger charge is -2.15. The van der Waals surface area contributed by atoms with Gasteiger partial charge in [0.2, 0.25) is 5.91 Å². The number of pyridine rings is 1. The molecule has 1 aliphatic carbocycles. The molecule has 0 aliphatic heterocycles. The minimum absolute atomic E-state index is 0.000694. The maximum absolute atomic E-state index is 12.5. The molecule has 2 heterocycles. The van der Waals surface area contributed by atoms with Gasteiger partial charge in [0.05, 0.1) is 19.0 Å². The maximum atomic E-state index is 12.5. The number of carbonyl (C=O) groups is 2. The summed E-state index contributed by atoms with van der Waals surface area (Å²) in [6.45, 7) is -2.80. The molecule has 1 aliphatic rings. The van der Waals surface area contributed by atoms with Gasteiger partial charge >= 0.3 is 0 Å². The fourth-order valence-corrected chi connectivity index (χ4v) is 4.02. The van der Waals surface area contributed by atoms with E-state index in [-0.39, 0.29) is 39.8 Å². The Kier molecular flexibility index (Phi) is 5.51. The Morgan fingerprint density at radius 3 is 2.61 bits per heavy atom.